The first-order valence-electron chi connectivity index (χ1n) is 4.60. The molecule has 1 aromatic heterocycles. The lowest BCUT2D eigenvalue weighted by Gasteiger charge is -2.13. The van der Waals surface area contributed by atoms with Crippen molar-refractivity contribution in [2.45, 2.75) is 6.04 Å². The number of carbonyl (C=O) groups is 1. The number of aromatic nitrogens is 1. The molecular weight excluding hydrogens is 252 g/mol. The highest BCUT2D eigenvalue weighted by atomic mass is 35.5. The van der Waals surface area contributed by atoms with Crippen LogP contribution in [0.4, 0.5) is 0 Å². The Labute approximate surface area is 103 Å². The highest BCUT2D eigenvalue weighted by Gasteiger charge is 2.23. The Morgan fingerprint density at radius 3 is 2.94 bits per heavy atom. The first-order chi connectivity index (χ1) is 7.69. The summed E-state index contributed by atoms with van der Waals surface area (Å²) < 4.78 is 10.1. The number of rotatable bonds is 6. The topological polar surface area (TPSA) is 60.5 Å². The number of methoxy groups -OCH3 is 2. The molecule has 1 heterocycles. The van der Waals surface area contributed by atoms with E-state index in [1.165, 1.54) is 24.6 Å². The van der Waals surface area contributed by atoms with Crippen molar-refractivity contribution in [1.29, 1.82) is 0 Å². The van der Waals surface area contributed by atoms with Gasteiger partial charge in [-0.3, -0.25) is 5.32 Å². The maximum absolute atomic E-state index is 11.5. The van der Waals surface area contributed by atoms with Gasteiger partial charge >= 0.3 is 5.97 Å². The number of ether oxygens (including phenoxy) is 2. The SMILES string of the molecule is COCCNC(C(=O)OC)c1ncc(Cl)s1. The van der Waals surface area contributed by atoms with Crippen molar-refractivity contribution in [2.24, 2.45) is 0 Å². The molecule has 0 saturated heterocycles. The number of carbonyl (C=O) groups excluding carboxylic acids is 1. The van der Waals surface area contributed by atoms with Gasteiger partial charge in [-0.1, -0.05) is 11.6 Å². The molecule has 0 aromatic carbocycles. The maximum Gasteiger partial charge on any atom is 0.330 e. The predicted molar refractivity (Wildman–Crippen MR) is 61.8 cm³/mol. The van der Waals surface area contributed by atoms with Gasteiger partial charge in [0.2, 0.25) is 0 Å². The van der Waals surface area contributed by atoms with Gasteiger partial charge in [-0.25, -0.2) is 9.78 Å². The van der Waals surface area contributed by atoms with Crippen LogP contribution >= 0.6 is 22.9 Å². The molecule has 1 atom stereocenters. The van der Waals surface area contributed by atoms with Crippen molar-refractivity contribution in [2.75, 3.05) is 27.4 Å². The number of thiazole rings is 1. The average molecular weight is 265 g/mol. The molecule has 1 N–H and O–H groups in total. The molecular formula is C9H13ClN2O3S. The Hall–Kier alpha value is -0.690. The highest BCUT2D eigenvalue weighted by Crippen LogP contribution is 2.24. The number of nitrogens with zero attached hydrogens (tertiary/aromatic N) is 1. The minimum atomic E-state index is -0.586. The number of nitrogens with one attached hydrogen (secondary N) is 1. The molecule has 0 aliphatic heterocycles. The fourth-order valence-electron chi connectivity index (χ4n) is 1.10. The van der Waals surface area contributed by atoms with Gasteiger partial charge in [0.1, 0.15) is 9.34 Å². The molecule has 90 valence electrons. The predicted octanol–water partition coefficient (Wildman–Crippen LogP) is 1.25. The summed E-state index contributed by atoms with van der Waals surface area (Å²) >= 11 is 7.01. The van der Waals surface area contributed by atoms with Crippen molar-refractivity contribution in [1.82, 2.24) is 10.3 Å². The van der Waals surface area contributed by atoms with Crippen LogP contribution in [0.25, 0.3) is 0 Å². The van der Waals surface area contributed by atoms with E-state index in [-0.39, 0.29) is 5.97 Å². The van der Waals surface area contributed by atoms with E-state index < -0.39 is 6.04 Å². The molecule has 1 aromatic rings. The Bertz CT molecular complexity index is 345. The van der Waals surface area contributed by atoms with Crippen LogP contribution in [-0.2, 0) is 14.3 Å². The molecule has 0 saturated carbocycles. The molecule has 0 bridgehead atoms. The number of hydrogen-bond acceptors (Lipinski definition) is 6. The molecule has 0 fully saturated rings. The average Bonchev–Trinajstić information content (AvgIpc) is 2.70. The van der Waals surface area contributed by atoms with Crippen LogP contribution in [-0.4, -0.2) is 38.3 Å². The molecule has 0 aliphatic carbocycles. The van der Waals surface area contributed by atoms with Crippen LogP contribution in [0.5, 0.6) is 0 Å². The molecule has 0 amide bonds. The fraction of sp³-hybridized carbons (Fsp3) is 0.556. The van der Waals surface area contributed by atoms with Crippen LogP contribution in [0.3, 0.4) is 0 Å². The quantitative estimate of drug-likeness (QED) is 0.619. The number of esters is 1. The van der Waals surface area contributed by atoms with E-state index in [9.17, 15) is 4.79 Å². The lowest BCUT2D eigenvalue weighted by atomic mass is 10.3. The summed E-state index contributed by atoms with van der Waals surface area (Å²) in [4.78, 5) is 15.6. The molecule has 1 rings (SSSR count). The summed E-state index contributed by atoms with van der Waals surface area (Å²) in [6.45, 7) is 1.04. The van der Waals surface area contributed by atoms with E-state index in [0.717, 1.165) is 0 Å². The summed E-state index contributed by atoms with van der Waals surface area (Å²) in [5.41, 5.74) is 0. The lowest BCUT2D eigenvalue weighted by molar-refractivity contribution is -0.143. The molecule has 5 nitrogen and oxygen atoms in total. The van der Waals surface area contributed by atoms with E-state index in [0.29, 0.717) is 22.5 Å². The minimum absolute atomic E-state index is 0.387. The van der Waals surface area contributed by atoms with Crippen LogP contribution in [0.1, 0.15) is 11.0 Å². The molecule has 0 spiro atoms. The number of halogens is 1. The summed E-state index contributed by atoms with van der Waals surface area (Å²) in [6.07, 6.45) is 1.51. The normalized spacial score (nSPS) is 12.4. The van der Waals surface area contributed by atoms with Crippen LogP contribution in [0, 0.1) is 0 Å². The molecule has 0 radical (unpaired) electrons. The Kier molecular flexibility index (Phi) is 5.68. The van der Waals surface area contributed by atoms with E-state index in [2.05, 4.69) is 15.0 Å². The van der Waals surface area contributed by atoms with Gasteiger partial charge in [-0.05, 0) is 0 Å². The smallest absolute Gasteiger partial charge is 0.330 e. The van der Waals surface area contributed by atoms with Crippen molar-refractivity contribution in [3.05, 3.63) is 15.5 Å². The molecule has 1 unspecified atom stereocenters. The van der Waals surface area contributed by atoms with Gasteiger partial charge < -0.3 is 9.47 Å². The third-order valence-electron chi connectivity index (χ3n) is 1.83. The third-order valence-corrected chi connectivity index (χ3v) is 3.01. The largest absolute Gasteiger partial charge is 0.468 e. The van der Waals surface area contributed by atoms with Crippen LogP contribution < -0.4 is 5.32 Å². The van der Waals surface area contributed by atoms with Gasteiger partial charge in [-0.2, -0.15) is 0 Å². The summed E-state index contributed by atoms with van der Waals surface area (Å²) in [5, 5.41) is 3.58. The zero-order chi connectivity index (χ0) is 12.0. The molecule has 0 aliphatic rings. The van der Waals surface area contributed by atoms with Crippen molar-refractivity contribution in [3.63, 3.8) is 0 Å². The fourth-order valence-corrected chi connectivity index (χ4v) is 2.09. The van der Waals surface area contributed by atoms with Crippen molar-refractivity contribution >= 4 is 28.9 Å². The second-order valence-corrected chi connectivity index (χ2v) is 4.60. The third kappa shape index (κ3) is 3.71. The van der Waals surface area contributed by atoms with Gasteiger partial charge in [0, 0.05) is 13.7 Å². The molecule has 16 heavy (non-hydrogen) atoms. The maximum atomic E-state index is 11.5. The van der Waals surface area contributed by atoms with Crippen LogP contribution in [0.2, 0.25) is 4.34 Å². The second-order valence-electron chi connectivity index (χ2n) is 2.91. The second kappa shape index (κ2) is 6.80. The van der Waals surface area contributed by atoms with Gasteiger partial charge in [0.05, 0.1) is 19.9 Å². The summed E-state index contributed by atoms with van der Waals surface area (Å²) in [5.74, 6) is -0.387. The monoisotopic (exact) mass is 264 g/mol. The zero-order valence-corrected chi connectivity index (χ0v) is 10.6. The highest BCUT2D eigenvalue weighted by molar-refractivity contribution is 7.16. The van der Waals surface area contributed by atoms with Gasteiger partial charge in [0.25, 0.3) is 0 Å². The van der Waals surface area contributed by atoms with Gasteiger partial charge in [0.15, 0.2) is 6.04 Å². The summed E-state index contributed by atoms with van der Waals surface area (Å²) in [7, 11) is 2.93. The first-order valence-corrected chi connectivity index (χ1v) is 5.80. The Balaban J connectivity index is 2.67. The summed E-state index contributed by atoms with van der Waals surface area (Å²) in [6, 6.07) is -0.586. The standard InChI is InChI=1S/C9H13ClN2O3S/c1-14-4-3-11-7(9(13)15-2)8-12-5-6(10)16-8/h5,7,11H,3-4H2,1-2H3. The Morgan fingerprint density at radius 2 is 2.44 bits per heavy atom. The van der Waals surface area contributed by atoms with Crippen molar-refractivity contribution < 1.29 is 14.3 Å². The Morgan fingerprint density at radius 1 is 1.69 bits per heavy atom. The van der Waals surface area contributed by atoms with E-state index in [1.54, 1.807) is 7.11 Å². The van der Waals surface area contributed by atoms with E-state index >= 15 is 0 Å². The minimum Gasteiger partial charge on any atom is -0.468 e. The first kappa shape index (κ1) is 13.4. The number of hydrogen-bond donors (Lipinski definition) is 1. The van der Waals surface area contributed by atoms with Crippen molar-refractivity contribution in [3.8, 4) is 0 Å². The van der Waals surface area contributed by atoms with E-state index in [4.69, 9.17) is 16.3 Å². The van der Waals surface area contributed by atoms with Gasteiger partial charge in [-0.15, -0.1) is 11.3 Å². The zero-order valence-electron chi connectivity index (χ0n) is 9.03. The van der Waals surface area contributed by atoms with Crippen LogP contribution in [0.15, 0.2) is 6.20 Å². The lowest BCUT2D eigenvalue weighted by Crippen LogP contribution is -2.31. The van der Waals surface area contributed by atoms with E-state index in [1.807, 2.05) is 0 Å². The molecule has 7 heteroatoms.